The van der Waals surface area contributed by atoms with Gasteiger partial charge in [-0.1, -0.05) is 48.0 Å². The van der Waals surface area contributed by atoms with Crippen molar-refractivity contribution in [2.45, 2.75) is 6.92 Å². The lowest BCUT2D eigenvalue weighted by Crippen LogP contribution is -1.88. The van der Waals surface area contributed by atoms with Crippen LogP contribution in [0, 0.1) is 6.92 Å². The SMILES string of the molecule is Cc1c(-c2ccc(Cl)cc2)nc2c3ccccc3ccn12. The van der Waals surface area contributed by atoms with Crippen molar-refractivity contribution in [2.75, 3.05) is 0 Å². The van der Waals surface area contributed by atoms with Gasteiger partial charge in [-0.15, -0.1) is 0 Å². The number of rotatable bonds is 1. The highest BCUT2D eigenvalue weighted by Crippen LogP contribution is 2.28. The van der Waals surface area contributed by atoms with Crippen LogP contribution in [0.15, 0.2) is 60.8 Å². The molecule has 4 rings (SSSR count). The fraction of sp³-hybridized carbons (Fsp3) is 0.0556. The molecule has 0 saturated heterocycles. The minimum atomic E-state index is 0.741. The predicted molar refractivity (Wildman–Crippen MR) is 87.9 cm³/mol. The number of pyridine rings is 1. The molecule has 0 fully saturated rings. The second kappa shape index (κ2) is 4.61. The zero-order valence-electron chi connectivity index (χ0n) is 11.5. The van der Waals surface area contributed by atoms with Crippen LogP contribution in [-0.4, -0.2) is 9.38 Å². The average Bonchev–Trinajstić information content (AvgIpc) is 2.86. The maximum absolute atomic E-state index is 5.97. The molecule has 0 aliphatic carbocycles. The number of hydrogen-bond acceptors (Lipinski definition) is 1. The summed E-state index contributed by atoms with van der Waals surface area (Å²) in [5.74, 6) is 0. The highest BCUT2D eigenvalue weighted by molar-refractivity contribution is 6.30. The van der Waals surface area contributed by atoms with Crippen molar-refractivity contribution in [1.82, 2.24) is 9.38 Å². The lowest BCUT2D eigenvalue weighted by atomic mass is 10.1. The maximum Gasteiger partial charge on any atom is 0.145 e. The van der Waals surface area contributed by atoms with E-state index in [9.17, 15) is 0 Å². The molecule has 0 amide bonds. The third-order valence-electron chi connectivity index (χ3n) is 3.87. The number of hydrogen-bond donors (Lipinski definition) is 0. The Kier molecular flexibility index (Phi) is 2.72. The molecule has 2 heterocycles. The molecule has 0 aliphatic heterocycles. The Balaban J connectivity index is 2.05. The van der Waals surface area contributed by atoms with Gasteiger partial charge in [-0.2, -0.15) is 0 Å². The normalized spacial score (nSPS) is 11.3. The Morgan fingerprint density at radius 3 is 2.52 bits per heavy atom. The molecule has 0 N–H and O–H groups in total. The summed E-state index contributed by atoms with van der Waals surface area (Å²) in [6, 6.07) is 18.3. The van der Waals surface area contributed by atoms with Crippen LogP contribution < -0.4 is 0 Å². The number of imidazole rings is 1. The molecule has 2 nitrogen and oxygen atoms in total. The molecule has 102 valence electrons. The van der Waals surface area contributed by atoms with E-state index in [1.165, 1.54) is 10.8 Å². The predicted octanol–water partition coefficient (Wildman–Crippen LogP) is 5.12. The van der Waals surface area contributed by atoms with Crippen LogP contribution in [0.1, 0.15) is 5.69 Å². The van der Waals surface area contributed by atoms with E-state index in [-0.39, 0.29) is 0 Å². The van der Waals surface area contributed by atoms with Crippen LogP contribution in [0.25, 0.3) is 27.7 Å². The minimum absolute atomic E-state index is 0.741. The third-order valence-corrected chi connectivity index (χ3v) is 4.12. The number of nitrogens with zero attached hydrogens (tertiary/aromatic N) is 2. The van der Waals surface area contributed by atoms with Crippen molar-refractivity contribution >= 4 is 28.0 Å². The van der Waals surface area contributed by atoms with Gasteiger partial charge in [-0.05, 0) is 30.5 Å². The van der Waals surface area contributed by atoms with Crippen LogP contribution in [0.4, 0.5) is 0 Å². The number of aryl methyl sites for hydroxylation is 1. The van der Waals surface area contributed by atoms with Gasteiger partial charge in [0.25, 0.3) is 0 Å². The van der Waals surface area contributed by atoms with Crippen molar-refractivity contribution < 1.29 is 0 Å². The minimum Gasteiger partial charge on any atom is -0.303 e. The largest absolute Gasteiger partial charge is 0.303 e. The lowest BCUT2D eigenvalue weighted by molar-refractivity contribution is 1.12. The van der Waals surface area contributed by atoms with Gasteiger partial charge in [-0.25, -0.2) is 4.98 Å². The summed E-state index contributed by atoms with van der Waals surface area (Å²) in [7, 11) is 0. The first-order valence-corrected chi connectivity index (χ1v) is 7.24. The van der Waals surface area contributed by atoms with E-state index < -0.39 is 0 Å². The van der Waals surface area contributed by atoms with E-state index in [2.05, 4.69) is 41.8 Å². The van der Waals surface area contributed by atoms with E-state index in [1.807, 2.05) is 30.3 Å². The molecule has 2 aromatic heterocycles. The van der Waals surface area contributed by atoms with Gasteiger partial charge in [0, 0.05) is 27.9 Å². The maximum atomic E-state index is 5.97. The Labute approximate surface area is 127 Å². The van der Waals surface area contributed by atoms with Gasteiger partial charge in [0.1, 0.15) is 5.65 Å². The molecule has 0 unspecified atom stereocenters. The fourth-order valence-electron chi connectivity index (χ4n) is 2.77. The van der Waals surface area contributed by atoms with E-state index in [1.54, 1.807) is 0 Å². The van der Waals surface area contributed by atoms with Crippen LogP contribution in [0.2, 0.25) is 5.02 Å². The van der Waals surface area contributed by atoms with E-state index in [0.29, 0.717) is 0 Å². The number of benzene rings is 2. The summed E-state index contributed by atoms with van der Waals surface area (Å²) in [4.78, 5) is 4.86. The van der Waals surface area contributed by atoms with E-state index in [0.717, 1.165) is 27.6 Å². The van der Waals surface area contributed by atoms with Gasteiger partial charge in [0.05, 0.1) is 5.69 Å². The molecular weight excluding hydrogens is 280 g/mol. The second-order valence-electron chi connectivity index (χ2n) is 5.15. The smallest absolute Gasteiger partial charge is 0.145 e. The first-order chi connectivity index (χ1) is 10.2. The molecule has 0 atom stereocenters. The van der Waals surface area contributed by atoms with Crippen LogP contribution in [-0.2, 0) is 0 Å². The molecule has 0 aliphatic rings. The molecule has 0 radical (unpaired) electrons. The van der Waals surface area contributed by atoms with Crippen molar-refractivity contribution in [3.63, 3.8) is 0 Å². The van der Waals surface area contributed by atoms with E-state index in [4.69, 9.17) is 16.6 Å². The van der Waals surface area contributed by atoms with Crippen molar-refractivity contribution in [1.29, 1.82) is 0 Å². The highest BCUT2D eigenvalue weighted by Gasteiger charge is 2.12. The Morgan fingerprint density at radius 2 is 1.71 bits per heavy atom. The lowest BCUT2D eigenvalue weighted by Gasteiger charge is -2.01. The molecule has 0 spiro atoms. The van der Waals surface area contributed by atoms with Crippen LogP contribution in [0.3, 0.4) is 0 Å². The average molecular weight is 293 g/mol. The summed E-state index contributed by atoms with van der Waals surface area (Å²) >= 11 is 5.97. The summed E-state index contributed by atoms with van der Waals surface area (Å²) in [5.41, 5.74) is 4.22. The molecule has 4 aromatic rings. The number of fused-ring (bicyclic) bond motifs is 3. The van der Waals surface area contributed by atoms with Gasteiger partial charge >= 0.3 is 0 Å². The first kappa shape index (κ1) is 12.4. The summed E-state index contributed by atoms with van der Waals surface area (Å²) in [5, 5.41) is 3.12. The zero-order valence-corrected chi connectivity index (χ0v) is 12.3. The first-order valence-electron chi connectivity index (χ1n) is 6.86. The number of halogens is 1. The van der Waals surface area contributed by atoms with Gasteiger partial charge in [-0.3, -0.25) is 0 Å². The molecule has 2 aromatic carbocycles. The van der Waals surface area contributed by atoms with Crippen LogP contribution in [0.5, 0.6) is 0 Å². The summed E-state index contributed by atoms with van der Waals surface area (Å²) < 4.78 is 2.15. The standard InChI is InChI=1S/C18H13ClN2/c1-12-17(14-6-8-15(19)9-7-14)20-18-16-5-3-2-4-13(16)10-11-21(12)18/h2-11H,1H3. The van der Waals surface area contributed by atoms with Gasteiger partial charge in [0.2, 0.25) is 0 Å². The van der Waals surface area contributed by atoms with E-state index >= 15 is 0 Å². The molecule has 3 heteroatoms. The van der Waals surface area contributed by atoms with Gasteiger partial charge in [0.15, 0.2) is 0 Å². The number of aromatic nitrogens is 2. The Hall–Kier alpha value is -2.32. The van der Waals surface area contributed by atoms with Gasteiger partial charge < -0.3 is 4.40 Å². The second-order valence-corrected chi connectivity index (χ2v) is 5.59. The zero-order chi connectivity index (χ0) is 14.4. The Morgan fingerprint density at radius 1 is 0.952 bits per heavy atom. The Bertz CT molecular complexity index is 952. The summed E-state index contributed by atoms with van der Waals surface area (Å²) in [6.45, 7) is 2.10. The molecule has 0 saturated carbocycles. The highest BCUT2D eigenvalue weighted by atomic mass is 35.5. The fourth-order valence-corrected chi connectivity index (χ4v) is 2.89. The topological polar surface area (TPSA) is 17.3 Å². The van der Waals surface area contributed by atoms with Crippen molar-refractivity contribution in [3.8, 4) is 11.3 Å². The molecule has 21 heavy (non-hydrogen) atoms. The summed E-state index contributed by atoms with van der Waals surface area (Å²) in [6.07, 6.45) is 2.08. The molecular formula is C18H13ClN2. The van der Waals surface area contributed by atoms with Crippen LogP contribution >= 0.6 is 11.6 Å². The molecule has 0 bridgehead atoms. The third kappa shape index (κ3) is 1.91. The quantitative estimate of drug-likeness (QED) is 0.476. The monoisotopic (exact) mass is 292 g/mol. The van der Waals surface area contributed by atoms with Crippen molar-refractivity contribution in [3.05, 3.63) is 71.5 Å². The van der Waals surface area contributed by atoms with Crippen molar-refractivity contribution in [2.24, 2.45) is 0 Å².